The minimum atomic E-state index is -0.305. The highest BCUT2D eigenvalue weighted by Gasteiger charge is 2.56. The molecule has 2 saturated heterocycles. The van der Waals surface area contributed by atoms with Gasteiger partial charge >= 0.3 is 14.2 Å². The molecule has 0 spiro atoms. The lowest BCUT2D eigenvalue weighted by molar-refractivity contribution is 0.00578. The highest BCUT2D eigenvalue weighted by molar-refractivity contribution is 9.09. The van der Waals surface area contributed by atoms with Gasteiger partial charge in [0.25, 0.3) is 0 Å². The normalized spacial score (nSPS) is 28.4. The third kappa shape index (κ3) is 4.06. The van der Waals surface area contributed by atoms with E-state index in [9.17, 15) is 0 Å². The topological polar surface area (TPSA) is 36.9 Å². The van der Waals surface area contributed by atoms with Gasteiger partial charge in [-0.25, -0.2) is 0 Å². The molecule has 2 aliphatic rings. The predicted molar refractivity (Wildman–Crippen MR) is 104 cm³/mol. The molecular weight excluding hydrogens is 370 g/mol. The molecule has 2 fully saturated rings. The average Bonchev–Trinajstić information content (AvgIpc) is 2.73. The summed E-state index contributed by atoms with van der Waals surface area (Å²) < 4.78 is 25.0. The van der Waals surface area contributed by atoms with Crippen LogP contribution in [0.25, 0.3) is 0 Å². The van der Waals surface area contributed by atoms with E-state index in [4.69, 9.17) is 18.6 Å². The van der Waals surface area contributed by atoms with E-state index in [0.29, 0.717) is 0 Å². The van der Waals surface area contributed by atoms with Gasteiger partial charge in [0.2, 0.25) is 0 Å². The predicted octanol–water partition coefficient (Wildman–Crippen LogP) is 4.72. The van der Waals surface area contributed by atoms with Crippen molar-refractivity contribution in [3.8, 4) is 0 Å². The molecule has 0 aromatic rings. The summed E-state index contributed by atoms with van der Waals surface area (Å²) in [5.74, 6) is 0.248. The zero-order valence-electron chi connectivity index (χ0n) is 16.6. The summed E-state index contributed by atoms with van der Waals surface area (Å²) in [6.07, 6.45) is 2.89. The molecule has 0 amide bonds. The number of halogens is 1. The first-order chi connectivity index (χ1) is 10.8. The third-order valence-electron chi connectivity index (χ3n) is 6.16. The maximum Gasteiger partial charge on any atom is 0.460 e. The Morgan fingerprint density at radius 2 is 1.17 bits per heavy atom. The smallest absolute Gasteiger partial charge is 0.403 e. The Bertz CT molecular complexity index is 422. The molecule has 0 radical (unpaired) electrons. The number of rotatable bonds is 6. The summed E-state index contributed by atoms with van der Waals surface area (Å²) in [6, 6.07) is 0. The van der Waals surface area contributed by atoms with Crippen molar-refractivity contribution in [3.05, 3.63) is 0 Å². The van der Waals surface area contributed by atoms with Crippen LogP contribution >= 0.6 is 15.9 Å². The van der Waals surface area contributed by atoms with Crippen LogP contribution in [0.5, 0.6) is 0 Å². The molecule has 4 nitrogen and oxygen atoms in total. The van der Waals surface area contributed by atoms with Crippen LogP contribution in [0.2, 0.25) is 12.1 Å². The fraction of sp³-hybridized carbons (Fsp3) is 1.00. The zero-order valence-corrected chi connectivity index (χ0v) is 18.2. The van der Waals surface area contributed by atoms with E-state index in [-0.39, 0.29) is 42.5 Å². The van der Waals surface area contributed by atoms with E-state index in [2.05, 4.69) is 71.3 Å². The van der Waals surface area contributed by atoms with Gasteiger partial charge < -0.3 is 18.6 Å². The fourth-order valence-corrected chi connectivity index (χ4v) is 3.42. The molecule has 24 heavy (non-hydrogen) atoms. The first-order valence-electron chi connectivity index (χ1n) is 9.08. The van der Waals surface area contributed by atoms with Crippen molar-refractivity contribution in [3.63, 3.8) is 0 Å². The van der Waals surface area contributed by atoms with Crippen LogP contribution in [0.15, 0.2) is 0 Å². The average molecular weight is 403 g/mol. The van der Waals surface area contributed by atoms with Gasteiger partial charge in [-0.1, -0.05) is 22.4 Å². The second kappa shape index (κ2) is 6.88. The van der Waals surface area contributed by atoms with Crippen molar-refractivity contribution >= 4 is 30.2 Å². The minimum Gasteiger partial charge on any atom is -0.403 e. The van der Waals surface area contributed by atoms with Crippen LogP contribution < -0.4 is 0 Å². The van der Waals surface area contributed by atoms with Crippen molar-refractivity contribution in [2.24, 2.45) is 0 Å². The Balaban J connectivity index is 2.08. The third-order valence-corrected chi connectivity index (χ3v) is 6.72. The van der Waals surface area contributed by atoms with Gasteiger partial charge in [-0.15, -0.1) is 0 Å². The van der Waals surface area contributed by atoms with E-state index in [1.54, 1.807) is 0 Å². The first-order valence-corrected chi connectivity index (χ1v) is 10.2. The lowest BCUT2D eigenvalue weighted by Crippen LogP contribution is -2.41. The molecule has 7 heteroatoms. The molecule has 0 bridgehead atoms. The quantitative estimate of drug-likeness (QED) is 0.476. The van der Waals surface area contributed by atoms with Crippen LogP contribution in [0, 0.1) is 0 Å². The number of alkyl halides is 1. The lowest BCUT2D eigenvalue weighted by Gasteiger charge is -2.32. The van der Waals surface area contributed by atoms with Gasteiger partial charge in [0.1, 0.15) is 0 Å². The van der Waals surface area contributed by atoms with Crippen molar-refractivity contribution in [1.82, 2.24) is 0 Å². The highest BCUT2D eigenvalue weighted by Crippen LogP contribution is 2.45. The maximum atomic E-state index is 6.29. The molecule has 0 aromatic heterocycles. The largest absolute Gasteiger partial charge is 0.460 e. The Morgan fingerprint density at radius 1 is 0.750 bits per heavy atom. The standard InChI is InChI=1S/C17H33B2BrO4/c1-14(2)15(3,4)22-18(21-14)12-13(10-9-11-20)19-23-16(5,6)17(7,8)24-19/h13H,9-12H2,1-8H3. The monoisotopic (exact) mass is 402 g/mol. The van der Waals surface area contributed by atoms with Crippen molar-refractivity contribution in [1.29, 1.82) is 0 Å². The Hall–Kier alpha value is 0.450. The fourth-order valence-electron chi connectivity index (χ4n) is 3.09. The van der Waals surface area contributed by atoms with E-state index >= 15 is 0 Å². The van der Waals surface area contributed by atoms with Gasteiger partial charge in [-0.05, 0) is 73.9 Å². The van der Waals surface area contributed by atoms with Crippen molar-refractivity contribution in [2.45, 2.75) is 103 Å². The highest BCUT2D eigenvalue weighted by atomic mass is 79.9. The van der Waals surface area contributed by atoms with E-state index < -0.39 is 0 Å². The summed E-state index contributed by atoms with van der Waals surface area (Å²) in [5, 5.41) is 0.979. The molecule has 138 valence electrons. The molecule has 2 heterocycles. The van der Waals surface area contributed by atoms with Crippen LogP contribution in [-0.2, 0) is 18.6 Å². The number of hydrogen-bond donors (Lipinski definition) is 0. The Kier molecular flexibility index (Phi) is 5.95. The van der Waals surface area contributed by atoms with E-state index in [1.807, 2.05) is 0 Å². The molecule has 2 rings (SSSR count). The van der Waals surface area contributed by atoms with Crippen LogP contribution in [0.3, 0.4) is 0 Å². The van der Waals surface area contributed by atoms with Crippen LogP contribution in [-0.4, -0.2) is 42.0 Å². The molecule has 0 N–H and O–H groups in total. The van der Waals surface area contributed by atoms with E-state index in [1.165, 1.54) is 0 Å². The lowest BCUT2D eigenvalue weighted by atomic mass is 9.59. The Labute approximate surface area is 157 Å². The van der Waals surface area contributed by atoms with Gasteiger partial charge in [-0.3, -0.25) is 0 Å². The molecule has 1 atom stereocenters. The first kappa shape index (κ1) is 20.8. The van der Waals surface area contributed by atoms with Crippen LogP contribution in [0.4, 0.5) is 0 Å². The Morgan fingerprint density at radius 3 is 1.58 bits per heavy atom. The summed E-state index contributed by atoms with van der Waals surface area (Å²) in [5.41, 5.74) is -1.21. The molecule has 0 aromatic carbocycles. The van der Waals surface area contributed by atoms with Gasteiger partial charge in [0.15, 0.2) is 0 Å². The minimum absolute atomic E-state index is 0.214. The molecule has 0 saturated carbocycles. The summed E-state index contributed by atoms with van der Waals surface area (Å²) in [4.78, 5) is 0. The van der Waals surface area contributed by atoms with Gasteiger partial charge in [-0.2, -0.15) is 0 Å². The van der Waals surface area contributed by atoms with Crippen LogP contribution in [0.1, 0.15) is 68.2 Å². The second-order valence-corrected chi connectivity index (χ2v) is 9.93. The SMILES string of the molecule is CC1(C)OB(CC(CCCBr)B2OC(C)(C)C(C)(C)O2)OC1(C)C. The summed E-state index contributed by atoms with van der Waals surface area (Å²) >= 11 is 3.54. The second-order valence-electron chi connectivity index (χ2n) is 9.14. The molecule has 0 aliphatic carbocycles. The molecule has 1 unspecified atom stereocenters. The maximum absolute atomic E-state index is 6.29. The number of hydrogen-bond acceptors (Lipinski definition) is 4. The zero-order chi connectivity index (χ0) is 18.4. The van der Waals surface area contributed by atoms with Gasteiger partial charge in [0.05, 0.1) is 22.4 Å². The summed E-state index contributed by atoms with van der Waals surface area (Å²) in [7, 11) is -0.428. The summed E-state index contributed by atoms with van der Waals surface area (Å²) in [6.45, 7) is 16.8. The van der Waals surface area contributed by atoms with Gasteiger partial charge in [0, 0.05) is 5.33 Å². The van der Waals surface area contributed by atoms with E-state index in [0.717, 1.165) is 24.5 Å². The molecular formula is C17H33B2BrO4. The molecule has 2 aliphatic heterocycles. The van der Waals surface area contributed by atoms with Crippen molar-refractivity contribution < 1.29 is 18.6 Å². The van der Waals surface area contributed by atoms with Crippen molar-refractivity contribution in [2.75, 3.05) is 5.33 Å².